The third-order valence-electron chi connectivity index (χ3n) is 5.31. The molecule has 1 aromatic carbocycles. The number of carbonyl (C=O) groups is 2. The third-order valence-corrected chi connectivity index (χ3v) is 7.44. The van der Waals surface area contributed by atoms with Crippen LogP contribution in [0.15, 0.2) is 18.2 Å². The zero-order valence-electron chi connectivity index (χ0n) is 17.9. The Hall–Kier alpha value is -2.45. The van der Waals surface area contributed by atoms with Crippen LogP contribution in [0, 0.1) is 27.7 Å². The van der Waals surface area contributed by atoms with Crippen LogP contribution in [0.1, 0.15) is 50.8 Å². The molecule has 0 spiro atoms. The average molecular weight is 465 g/mol. The summed E-state index contributed by atoms with van der Waals surface area (Å²) in [5, 5.41) is 4.61. The van der Waals surface area contributed by atoms with Crippen LogP contribution in [0.25, 0.3) is 6.08 Å². The van der Waals surface area contributed by atoms with Crippen LogP contribution in [-0.2, 0) is 19.4 Å². The van der Waals surface area contributed by atoms with Crippen molar-refractivity contribution in [1.29, 1.82) is 0 Å². The zero-order valence-corrected chi connectivity index (χ0v) is 19.5. The van der Waals surface area contributed by atoms with Gasteiger partial charge in [0.1, 0.15) is 5.15 Å². The Balaban J connectivity index is 1.66. The highest BCUT2D eigenvalue weighted by Gasteiger charge is 2.31. The fourth-order valence-corrected chi connectivity index (χ4v) is 6.03. The van der Waals surface area contributed by atoms with Gasteiger partial charge in [0.25, 0.3) is 0 Å². The topological polar surface area (TPSA) is 95.3 Å². The maximum absolute atomic E-state index is 12.5. The quantitative estimate of drug-likeness (QED) is 0.368. The molecule has 0 radical (unpaired) electrons. The first-order chi connectivity index (χ1) is 14.5. The van der Waals surface area contributed by atoms with Gasteiger partial charge in [-0.2, -0.15) is 5.10 Å². The molecule has 31 heavy (non-hydrogen) atoms. The molecule has 1 aromatic heterocycles. The van der Waals surface area contributed by atoms with E-state index in [1.54, 1.807) is 6.92 Å². The summed E-state index contributed by atoms with van der Waals surface area (Å²) in [6.07, 6.45) is 3.11. The predicted molar refractivity (Wildman–Crippen MR) is 119 cm³/mol. The van der Waals surface area contributed by atoms with Crippen molar-refractivity contribution in [3.8, 4) is 0 Å². The molecule has 1 aliphatic heterocycles. The number of ketones is 1. The summed E-state index contributed by atoms with van der Waals surface area (Å²) >= 11 is 6.39. The molecule has 1 fully saturated rings. The number of benzene rings is 1. The Morgan fingerprint density at radius 1 is 1.23 bits per heavy atom. The summed E-state index contributed by atoms with van der Waals surface area (Å²) in [6, 6.07) is 3.52. The number of rotatable bonds is 6. The molecule has 7 nitrogen and oxygen atoms in total. The number of carbonyl (C=O) groups excluding carboxylic acids is 2. The zero-order chi connectivity index (χ0) is 22.9. The van der Waals surface area contributed by atoms with Crippen molar-refractivity contribution in [2.24, 2.45) is 0 Å². The van der Waals surface area contributed by atoms with Gasteiger partial charge in [-0.05, 0) is 51.3 Å². The monoisotopic (exact) mass is 464 g/mol. The van der Waals surface area contributed by atoms with E-state index in [0.717, 1.165) is 16.7 Å². The minimum Gasteiger partial charge on any atom is -0.454 e. The van der Waals surface area contributed by atoms with E-state index in [1.165, 1.54) is 16.8 Å². The lowest BCUT2D eigenvalue weighted by atomic mass is 9.97. The normalized spacial score (nSPS) is 17.9. The van der Waals surface area contributed by atoms with Crippen LogP contribution in [0.2, 0.25) is 5.15 Å². The highest BCUT2D eigenvalue weighted by Crippen LogP contribution is 2.30. The molecule has 1 atom stereocenters. The Kier molecular flexibility index (Phi) is 6.71. The molecule has 0 unspecified atom stereocenters. The molecule has 1 aliphatic rings. The molecule has 0 N–H and O–H groups in total. The summed E-state index contributed by atoms with van der Waals surface area (Å²) in [5.41, 5.74) is 4.40. The molecular weight excluding hydrogens is 440 g/mol. The number of ether oxygens (including phenoxy) is 1. The summed E-state index contributed by atoms with van der Waals surface area (Å²) < 4.78 is 30.1. The molecule has 0 bridgehead atoms. The third kappa shape index (κ3) is 5.25. The summed E-state index contributed by atoms with van der Waals surface area (Å²) in [6.45, 7) is 7.03. The Bertz CT molecular complexity index is 1160. The van der Waals surface area contributed by atoms with E-state index in [9.17, 15) is 18.0 Å². The number of hydrogen-bond donors (Lipinski definition) is 0. The fraction of sp³-hybridized carbons (Fsp3) is 0.409. The van der Waals surface area contributed by atoms with Gasteiger partial charge in [0.15, 0.2) is 16.4 Å². The Morgan fingerprint density at radius 2 is 1.87 bits per heavy atom. The standard InChI is InChI=1S/C22H25ClN2O5S/c1-13-9-14(2)21(15(3)10-13)19(26)11-30-20(27)6-5-18-16(4)24-25(22(18)23)17-7-8-31(28,29)12-17/h5-6,9-10,17H,7-8,11-12H2,1-4H3/b6-5+/t17-/m1/s1. The highest BCUT2D eigenvalue weighted by atomic mass is 35.5. The molecule has 2 aromatic rings. The Labute approximate surface area is 187 Å². The lowest BCUT2D eigenvalue weighted by Crippen LogP contribution is -2.15. The van der Waals surface area contributed by atoms with Crippen LogP contribution in [0.3, 0.4) is 0 Å². The Morgan fingerprint density at radius 3 is 2.45 bits per heavy atom. The second-order valence-corrected chi connectivity index (χ2v) is 10.5. The van der Waals surface area contributed by atoms with E-state index in [1.807, 2.05) is 32.9 Å². The van der Waals surface area contributed by atoms with E-state index < -0.39 is 15.8 Å². The second-order valence-electron chi connectivity index (χ2n) is 7.93. The SMILES string of the molecule is Cc1cc(C)c(C(=O)COC(=O)/C=C/c2c(C)nn([C@@H]3CCS(=O)(=O)C3)c2Cl)c(C)c1. The van der Waals surface area contributed by atoms with Gasteiger partial charge in [-0.3, -0.25) is 4.79 Å². The van der Waals surface area contributed by atoms with Crippen LogP contribution < -0.4 is 0 Å². The van der Waals surface area contributed by atoms with Crippen LogP contribution >= 0.6 is 11.6 Å². The van der Waals surface area contributed by atoms with E-state index in [0.29, 0.717) is 23.2 Å². The van der Waals surface area contributed by atoms with Crippen molar-refractivity contribution in [2.75, 3.05) is 18.1 Å². The largest absolute Gasteiger partial charge is 0.454 e. The lowest BCUT2D eigenvalue weighted by molar-refractivity contribution is -0.136. The van der Waals surface area contributed by atoms with Gasteiger partial charge in [0, 0.05) is 17.2 Å². The number of aryl methyl sites for hydroxylation is 4. The van der Waals surface area contributed by atoms with Gasteiger partial charge in [-0.1, -0.05) is 29.3 Å². The molecule has 1 saturated heterocycles. The van der Waals surface area contributed by atoms with Gasteiger partial charge < -0.3 is 4.74 Å². The first kappa shape index (κ1) is 23.2. The van der Waals surface area contributed by atoms with E-state index in [-0.39, 0.29) is 35.1 Å². The summed E-state index contributed by atoms with van der Waals surface area (Å²) in [7, 11) is -3.08. The maximum atomic E-state index is 12.5. The van der Waals surface area contributed by atoms with Crippen LogP contribution in [-0.4, -0.2) is 48.1 Å². The van der Waals surface area contributed by atoms with Crippen LogP contribution in [0.5, 0.6) is 0 Å². The number of aromatic nitrogens is 2. The molecule has 166 valence electrons. The smallest absolute Gasteiger partial charge is 0.331 e. The van der Waals surface area contributed by atoms with Crippen LogP contribution in [0.4, 0.5) is 0 Å². The fourth-order valence-electron chi connectivity index (χ4n) is 3.96. The molecular formula is C22H25ClN2O5S. The predicted octanol–water partition coefficient (Wildman–Crippen LogP) is 3.57. The lowest BCUT2D eigenvalue weighted by Gasteiger charge is -2.10. The van der Waals surface area contributed by atoms with Gasteiger partial charge in [-0.15, -0.1) is 0 Å². The molecule has 9 heteroatoms. The van der Waals surface area contributed by atoms with Gasteiger partial charge in [0.05, 0.1) is 23.2 Å². The molecule has 0 saturated carbocycles. The number of sulfone groups is 1. The molecule has 0 amide bonds. The van der Waals surface area contributed by atoms with E-state index in [2.05, 4.69) is 5.10 Å². The van der Waals surface area contributed by atoms with Crippen molar-refractivity contribution in [2.45, 2.75) is 40.2 Å². The molecule has 0 aliphatic carbocycles. The first-order valence-corrected chi connectivity index (χ1v) is 12.1. The van der Waals surface area contributed by atoms with Crippen molar-refractivity contribution < 1.29 is 22.7 Å². The number of hydrogen-bond acceptors (Lipinski definition) is 6. The van der Waals surface area contributed by atoms with E-state index >= 15 is 0 Å². The van der Waals surface area contributed by atoms with Crippen molar-refractivity contribution in [1.82, 2.24) is 9.78 Å². The van der Waals surface area contributed by atoms with Gasteiger partial charge in [0.2, 0.25) is 5.78 Å². The molecule has 2 heterocycles. The van der Waals surface area contributed by atoms with Crippen molar-refractivity contribution >= 4 is 39.3 Å². The minimum atomic E-state index is -3.08. The van der Waals surface area contributed by atoms with Gasteiger partial charge >= 0.3 is 5.97 Å². The average Bonchev–Trinajstić information content (AvgIpc) is 3.16. The summed E-state index contributed by atoms with van der Waals surface area (Å²) in [4.78, 5) is 24.6. The first-order valence-electron chi connectivity index (χ1n) is 9.89. The number of halogens is 1. The second kappa shape index (κ2) is 8.96. The van der Waals surface area contributed by atoms with E-state index in [4.69, 9.17) is 16.3 Å². The van der Waals surface area contributed by atoms with Crippen molar-refractivity contribution in [3.05, 3.63) is 56.9 Å². The van der Waals surface area contributed by atoms with Crippen molar-refractivity contribution in [3.63, 3.8) is 0 Å². The number of esters is 1. The minimum absolute atomic E-state index is 0.00100. The highest BCUT2D eigenvalue weighted by molar-refractivity contribution is 7.91. The molecule has 3 rings (SSSR count). The van der Waals surface area contributed by atoms with Gasteiger partial charge in [-0.25, -0.2) is 17.9 Å². The number of nitrogens with zero attached hydrogens (tertiary/aromatic N) is 2. The summed E-state index contributed by atoms with van der Waals surface area (Å²) in [5.74, 6) is -0.833. The maximum Gasteiger partial charge on any atom is 0.331 e. The number of Topliss-reactive ketones (excluding diaryl/α,β-unsaturated/α-hetero) is 1.